The van der Waals surface area contributed by atoms with Crippen molar-refractivity contribution in [3.8, 4) is 0 Å². The van der Waals surface area contributed by atoms with E-state index in [-0.39, 0.29) is 18.0 Å². The molecule has 108 valence electrons. The topological polar surface area (TPSA) is 122 Å². The Morgan fingerprint density at radius 1 is 1.24 bits per heavy atom. The number of rotatable bonds is 5. The number of nitrogens with one attached hydrogen (secondary N) is 2. The highest BCUT2D eigenvalue weighted by Crippen LogP contribution is 2.06. The predicted octanol–water partition coefficient (Wildman–Crippen LogP) is 0.741. The molecule has 0 atom stereocenters. The molecule has 0 aliphatic rings. The first-order valence-corrected chi connectivity index (χ1v) is 5.87. The number of pyridine rings is 1. The molecule has 2 aromatic rings. The van der Waals surface area contributed by atoms with Gasteiger partial charge in [-0.15, -0.1) is 0 Å². The largest absolute Gasteiger partial charge is 0.477 e. The zero-order valence-corrected chi connectivity index (χ0v) is 10.7. The van der Waals surface area contributed by atoms with Crippen LogP contribution in [0.25, 0.3) is 0 Å². The van der Waals surface area contributed by atoms with E-state index < -0.39 is 17.8 Å². The Labute approximate surface area is 118 Å². The molecule has 0 spiro atoms. The Kier molecular flexibility index (Phi) is 4.30. The molecule has 3 N–H and O–H groups in total. The molecule has 2 aromatic heterocycles. The minimum Gasteiger partial charge on any atom is -0.477 e. The van der Waals surface area contributed by atoms with Gasteiger partial charge < -0.3 is 20.2 Å². The van der Waals surface area contributed by atoms with E-state index in [1.54, 1.807) is 6.07 Å². The van der Waals surface area contributed by atoms with Gasteiger partial charge in [0.05, 0.1) is 24.7 Å². The number of carbonyl (C=O) groups excluding carboxylic acids is 2. The number of carboxylic acid groups (broad SMARTS) is 1. The van der Waals surface area contributed by atoms with E-state index in [9.17, 15) is 14.4 Å². The predicted molar refractivity (Wildman–Crippen MR) is 70.9 cm³/mol. The van der Waals surface area contributed by atoms with E-state index in [0.717, 1.165) is 0 Å². The summed E-state index contributed by atoms with van der Waals surface area (Å²) in [7, 11) is 0. The highest BCUT2D eigenvalue weighted by molar-refractivity contribution is 5.98. The lowest BCUT2D eigenvalue weighted by molar-refractivity contribution is -0.115. The van der Waals surface area contributed by atoms with Crippen LogP contribution in [-0.2, 0) is 4.79 Å². The molecule has 0 unspecified atom stereocenters. The van der Waals surface area contributed by atoms with E-state index >= 15 is 0 Å². The van der Waals surface area contributed by atoms with Crippen molar-refractivity contribution in [1.29, 1.82) is 0 Å². The minimum atomic E-state index is -1.15. The van der Waals surface area contributed by atoms with Crippen molar-refractivity contribution >= 4 is 23.5 Å². The maximum Gasteiger partial charge on any atom is 0.354 e. The van der Waals surface area contributed by atoms with Crippen molar-refractivity contribution < 1.29 is 23.9 Å². The van der Waals surface area contributed by atoms with Crippen LogP contribution in [0.4, 0.5) is 5.69 Å². The van der Waals surface area contributed by atoms with E-state index in [1.807, 2.05) is 0 Å². The summed E-state index contributed by atoms with van der Waals surface area (Å²) in [6.45, 7) is -0.250. The third kappa shape index (κ3) is 3.90. The first-order valence-electron chi connectivity index (χ1n) is 5.87. The van der Waals surface area contributed by atoms with Crippen LogP contribution in [0.2, 0.25) is 0 Å². The van der Waals surface area contributed by atoms with Gasteiger partial charge in [0.1, 0.15) is 5.69 Å². The lowest BCUT2D eigenvalue weighted by Crippen LogP contribution is -2.32. The Morgan fingerprint density at radius 2 is 2.05 bits per heavy atom. The number of furan rings is 1. The molecule has 0 radical (unpaired) electrons. The van der Waals surface area contributed by atoms with Gasteiger partial charge in [-0.1, -0.05) is 0 Å². The average molecular weight is 289 g/mol. The molecule has 2 rings (SSSR count). The molecule has 21 heavy (non-hydrogen) atoms. The Bertz CT molecular complexity index is 649. The number of aromatic carboxylic acids is 1. The summed E-state index contributed by atoms with van der Waals surface area (Å²) in [4.78, 5) is 37.4. The van der Waals surface area contributed by atoms with Crippen molar-refractivity contribution in [2.75, 3.05) is 11.9 Å². The van der Waals surface area contributed by atoms with Gasteiger partial charge in [0.25, 0.3) is 5.91 Å². The van der Waals surface area contributed by atoms with Crippen LogP contribution in [0.15, 0.2) is 41.1 Å². The summed E-state index contributed by atoms with van der Waals surface area (Å²) in [6, 6.07) is 5.70. The second-order valence-corrected chi connectivity index (χ2v) is 3.95. The normalized spacial score (nSPS) is 9.90. The van der Waals surface area contributed by atoms with Crippen LogP contribution < -0.4 is 10.6 Å². The molecule has 0 bridgehead atoms. The summed E-state index contributed by atoms with van der Waals surface area (Å²) in [6.07, 6.45) is 2.57. The summed E-state index contributed by atoms with van der Waals surface area (Å²) >= 11 is 0. The first-order chi connectivity index (χ1) is 10.1. The zero-order valence-electron chi connectivity index (χ0n) is 10.7. The third-order valence-electron chi connectivity index (χ3n) is 2.42. The average Bonchev–Trinajstić information content (AvgIpc) is 2.99. The van der Waals surface area contributed by atoms with Gasteiger partial charge in [-0.25, -0.2) is 9.78 Å². The standard InChI is InChI=1S/C13H11N3O5/c17-11(7-15-12(18)10-2-1-5-21-10)16-8-3-4-9(13(19)20)14-6-8/h1-6H,7H2,(H,15,18)(H,16,17)(H,19,20). The van der Waals surface area contributed by atoms with Crippen LogP contribution in [0.5, 0.6) is 0 Å². The molecule has 8 nitrogen and oxygen atoms in total. The summed E-state index contributed by atoms with van der Waals surface area (Å²) in [5.74, 6) is -2.02. The monoisotopic (exact) mass is 289 g/mol. The van der Waals surface area contributed by atoms with Crippen molar-refractivity contribution in [2.24, 2.45) is 0 Å². The maximum absolute atomic E-state index is 11.6. The number of amides is 2. The van der Waals surface area contributed by atoms with Crippen LogP contribution >= 0.6 is 0 Å². The quantitative estimate of drug-likeness (QED) is 0.746. The molecule has 2 heterocycles. The number of nitrogens with zero attached hydrogens (tertiary/aromatic N) is 1. The van der Waals surface area contributed by atoms with Gasteiger partial charge in [-0.2, -0.15) is 0 Å². The molecule has 0 aromatic carbocycles. The molecule has 0 aliphatic carbocycles. The zero-order chi connectivity index (χ0) is 15.2. The summed E-state index contributed by atoms with van der Waals surface area (Å²) in [5.41, 5.74) is 0.205. The van der Waals surface area contributed by atoms with Crippen LogP contribution in [0.1, 0.15) is 21.0 Å². The van der Waals surface area contributed by atoms with Gasteiger partial charge in [-0.3, -0.25) is 9.59 Å². The minimum absolute atomic E-state index is 0.107. The summed E-state index contributed by atoms with van der Waals surface area (Å²) < 4.78 is 4.87. The second kappa shape index (κ2) is 6.33. The van der Waals surface area contributed by atoms with Crippen LogP contribution in [0, 0.1) is 0 Å². The SMILES string of the molecule is O=C(CNC(=O)c1ccco1)Nc1ccc(C(=O)O)nc1. The lowest BCUT2D eigenvalue weighted by Gasteiger charge is -2.05. The lowest BCUT2D eigenvalue weighted by atomic mass is 10.3. The van der Waals surface area contributed by atoms with Gasteiger partial charge >= 0.3 is 5.97 Å². The van der Waals surface area contributed by atoms with Crippen molar-refractivity contribution in [2.45, 2.75) is 0 Å². The highest BCUT2D eigenvalue weighted by Gasteiger charge is 2.10. The second-order valence-electron chi connectivity index (χ2n) is 3.95. The summed E-state index contributed by atoms with van der Waals surface area (Å²) in [5, 5.41) is 13.5. The Morgan fingerprint density at radius 3 is 2.62 bits per heavy atom. The van der Waals surface area contributed by atoms with E-state index in [0.29, 0.717) is 5.69 Å². The molecular formula is C13H11N3O5. The number of aromatic nitrogens is 1. The number of anilines is 1. The van der Waals surface area contributed by atoms with Gasteiger partial charge in [0.2, 0.25) is 5.91 Å². The van der Waals surface area contributed by atoms with Crippen LogP contribution in [0.3, 0.4) is 0 Å². The highest BCUT2D eigenvalue weighted by atomic mass is 16.4. The molecule has 0 fully saturated rings. The molecule has 2 amide bonds. The van der Waals surface area contributed by atoms with Gasteiger partial charge in [-0.05, 0) is 24.3 Å². The van der Waals surface area contributed by atoms with Gasteiger partial charge in [0.15, 0.2) is 5.76 Å². The molecule has 0 aliphatic heterocycles. The number of hydrogen-bond donors (Lipinski definition) is 3. The number of hydrogen-bond acceptors (Lipinski definition) is 5. The Balaban J connectivity index is 1.84. The third-order valence-corrected chi connectivity index (χ3v) is 2.42. The van der Waals surface area contributed by atoms with E-state index in [4.69, 9.17) is 9.52 Å². The van der Waals surface area contributed by atoms with Crippen molar-refractivity contribution in [3.05, 3.63) is 48.2 Å². The Hall–Kier alpha value is -3.16. The fourth-order valence-corrected chi connectivity index (χ4v) is 1.45. The molecular weight excluding hydrogens is 278 g/mol. The van der Waals surface area contributed by atoms with Gasteiger partial charge in [0, 0.05) is 0 Å². The maximum atomic E-state index is 11.6. The number of carbonyl (C=O) groups is 3. The van der Waals surface area contributed by atoms with Crippen molar-refractivity contribution in [3.63, 3.8) is 0 Å². The number of carboxylic acids is 1. The smallest absolute Gasteiger partial charge is 0.354 e. The first kappa shape index (κ1) is 14.3. The van der Waals surface area contributed by atoms with Crippen molar-refractivity contribution in [1.82, 2.24) is 10.3 Å². The fourth-order valence-electron chi connectivity index (χ4n) is 1.45. The molecule has 0 saturated heterocycles. The van der Waals surface area contributed by atoms with Crippen LogP contribution in [-0.4, -0.2) is 34.4 Å². The molecule has 0 saturated carbocycles. The molecule has 8 heteroatoms. The van der Waals surface area contributed by atoms with E-state index in [2.05, 4.69) is 15.6 Å². The fraction of sp³-hybridized carbons (Fsp3) is 0.0769. The van der Waals surface area contributed by atoms with E-state index in [1.165, 1.54) is 30.7 Å².